The highest BCUT2D eigenvalue weighted by Crippen LogP contribution is 2.28. The van der Waals surface area contributed by atoms with Crippen LogP contribution in [0.3, 0.4) is 0 Å². The predicted octanol–water partition coefficient (Wildman–Crippen LogP) is 3.40. The van der Waals surface area contributed by atoms with E-state index in [9.17, 15) is 4.79 Å². The number of hydrogen-bond acceptors (Lipinski definition) is 4. The highest BCUT2D eigenvalue weighted by molar-refractivity contribution is 7.09. The van der Waals surface area contributed by atoms with Crippen molar-refractivity contribution in [3.63, 3.8) is 0 Å². The van der Waals surface area contributed by atoms with Gasteiger partial charge in [0, 0.05) is 36.6 Å². The van der Waals surface area contributed by atoms with Crippen molar-refractivity contribution in [2.24, 2.45) is 11.7 Å². The van der Waals surface area contributed by atoms with Gasteiger partial charge in [-0.3, -0.25) is 9.78 Å². The topological polar surface area (TPSA) is 59.2 Å². The summed E-state index contributed by atoms with van der Waals surface area (Å²) in [5.74, 6) is 0.700. The summed E-state index contributed by atoms with van der Waals surface area (Å²) in [7, 11) is 0. The van der Waals surface area contributed by atoms with Gasteiger partial charge in [-0.25, -0.2) is 0 Å². The lowest BCUT2D eigenvalue weighted by molar-refractivity contribution is -0.132. The lowest BCUT2D eigenvalue weighted by Gasteiger charge is -2.34. The van der Waals surface area contributed by atoms with E-state index in [0.717, 1.165) is 44.5 Å². The zero-order chi connectivity index (χ0) is 16.8. The smallest absolute Gasteiger partial charge is 0.222 e. The van der Waals surface area contributed by atoms with Crippen LogP contribution in [0.15, 0.2) is 41.9 Å². The van der Waals surface area contributed by atoms with Crippen molar-refractivity contribution in [3.8, 4) is 0 Å². The average molecular weight is 343 g/mol. The molecule has 0 bridgehead atoms. The first-order chi connectivity index (χ1) is 11.7. The lowest BCUT2D eigenvalue weighted by atomic mass is 9.88. The van der Waals surface area contributed by atoms with E-state index >= 15 is 0 Å². The summed E-state index contributed by atoms with van der Waals surface area (Å²) in [6.45, 7) is 1.64. The number of piperidine rings is 1. The highest BCUT2D eigenvalue weighted by Gasteiger charge is 2.27. The van der Waals surface area contributed by atoms with Crippen molar-refractivity contribution in [3.05, 3.63) is 52.5 Å². The fourth-order valence-corrected chi connectivity index (χ4v) is 4.10. The number of likely N-dealkylation sites (tertiary alicyclic amines) is 1. The summed E-state index contributed by atoms with van der Waals surface area (Å²) in [5.41, 5.74) is 7.32. The van der Waals surface area contributed by atoms with E-state index in [0.29, 0.717) is 12.3 Å². The highest BCUT2D eigenvalue weighted by atomic mass is 32.1. The maximum atomic E-state index is 12.4. The molecule has 5 heteroatoms. The van der Waals surface area contributed by atoms with Crippen molar-refractivity contribution in [2.75, 3.05) is 13.1 Å². The maximum Gasteiger partial charge on any atom is 0.222 e. The normalized spacial score (nSPS) is 17.0. The van der Waals surface area contributed by atoms with Gasteiger partial charge in [0.15, 0.2) is 0 Å². The van der Waals surface area contributed by atoms with Crippen LogP contribution in [0.4, 0.5) is 0 Å². The molecule has 1 saturated heterocycles. The van der Waals surface area contributed by atoms with Crippen LogP contribution in [-0.2, 0) is 11.2 Å². The summed E-state index contributed by atoms with van der Waals surface area (Å²) >= 11 is 1.77. The van der Waals surface area contributed by atoms with E-state index in [1.165, 1.54) is 4.88 Å². The van der Waals surface area contributed by atoms with Crippen LogP contribution in [0, 0.1) is 5.92 Å². The van der Waals surface area contributed by atoms with Gasteiger partial charge >= 0.3 is 0 Å². The van der Waals surface area contributed by atoms with Gasteiger partial charge in [0.25, 0.3) is 0 Å². The number of hydrogen-bond donors (Lipinski definition) is 1. The third-order valence-electron chi connectivity index (χ3n) is 4.82. The summed E-state index contributed by atoms with van der Waals surface area (Å²) in [6, 6.07) is 10.1. The molecule has 0 aromatic carbocycles. The molecule has 2 N–H and O–H groups in total. The fraction of sp³-hybridized carbons (Fsp3) is 0.474. The second-order valence-corrected chi connectivity index (χ2v) is 7.46. The van der Waals surface area contributed by atoms with E-state index in [-0.39, 0.29) is 11.9 Å². The van der Waals surface area contributed by atoms with E-state index < -0.39 is 0 Å². The molecule has 1 amide bonds. The number of thiophene rings is 1. The number of rotatable bonds is 6. The Morgan fingerprint density at radius 3 is 2.79 bits per heavy atom. The number of nitrogens with two attached hydrogens (primary N) is 1. The Balaban J connectivity index is 1.42. The third-order valence-corrected chi connectivity index (χ3v) is 5.76. The minimum Gasteiger partial charge on any atom is -0.343 e. The van der Waals surface area contributed by atoms with Gasteiger partial charge in [-0.05, 0) is 55.2 Å². The number of nitrogens with zero attached hydrogens (tertiary/aromatic N) is 2. The predicted molar refractivity (Wildman–Crippen MR) is 97.7 cm³/mol. The molecule has 1 aliphatic heterocycles. The van der Waals surface area contributed by atoms with E-state index in [2.05, 4.69) is 22.5 Å². The van der Waals surface area contributed by atoms with E-state index in [4.69, 9.17) is 5.73 Å². The van der Waals surface area contributed by atoms with Crippen LogP contribution in [0.5, 0.6) is 0 Å². The molecule has 128 valence electrons. The monoisotopic (exact) mass is 343 g/mol. The zero-order valence-corrected chi connectivity index (χ0v) is 14.8. The minimum atomic E-state index is -0.0257. The molecule has 0 saturated carbocycles. The van der Waals surface area contributed by atoms with Gasteiger partial charge in [0.2, 0.25) is 5.91 Å². The van der Waals surface area contributed by atoms with Crippen molar-refractivity contribution < 1.29 is 4.79 Å². The number of aryl methyl sites for hydroxylation is 1. The lowest BCUT2D eigenvalue weighted by Crippen LogP contribution is -2.41. The summed E-state index contributed by atoms with van der Waals surface area (Å²) in [4.78, 5) is 20.1. The van der Waals surface area contributed by atoms with Crippen molar-refractivity contribution >= 4 is 17.2 Å². The molecular weight excluding hydrogens is 318 g/mol. The Labute approximate surface area is 147 Å². The molecule has 1 atom stereocenters. The number of amides is 1. The van der Waals surface area contributed by atoms with Crippen LogP contribution in [-0.4, -0.2) is 28.9 Å². The molecule has 1 fully saturated rings. The van der Waals surface area contributed by atoms with Crippen LogP contribution < -0.4 is 5.73 Å². The van der Waals surface area contributed by atoms with Crippen molar-refractivity contribution in [2.45, 2.75) is 38.1 Å². The first kappa shape index (κ1) is 17.1. The van der Waals surface area contributed by atoms with Crippen LogP contribution in [0.2, 0.25) is 0 Å². The average Bonchev–Trinajstić information content (AvgIpc) is 3.15. The fourth-order valence-electron chi connectivity index (χ4n) is 3.35. The van der Waals surface area contributed by atoms with E-state index in [1.807, 2.05) is 23.1 Å². The van der Waals surface area contributed by atoms with Crippen molar-refractivity contribution in [1.82, 2.24) is 9.88 Å². The SMILES string of the molecule is NC(c1ccccn1)C1CCN(C(=O)CCCc2cccs2)CC1. The summed E-state index contributed by atoms with van der Waals surface area (Å²) in [6.07, 6.45) is 6.32. The summed E-state index contributed by atoms with van der Waals surface area (Å²) < 4.78 is 0. The zero-order valence-electron chi connectivity index (χ0n) is 13.9. The molecule has 3 rings (SSSR count). The second kappa shape index (κ2) is 8.40. The number of carbonyl (C=O) groups excluding carboxylic acids is 1. The molecule has 4 nitrogen and oxygen atoms in total. The Bertz CT molecular complexity index is 621. The molecule has 0 radical (unpaired) electrons. The molecule has 2 aromatic rings. The Morgan fingerprint density at radius 1 is 1.29 bits per heavy atom. The largest absolute Gasteiger partial charge is 0.343 e. The Hall–Kier alpha value is -1.72. The first-order valence-corrected chi connectivity index (χ1v) is 9.58. The minimum absolute atomic E-state index is 0.0257. The molecule has 0 spiro atoms. The Morgan fingerprint density at radius 2 is 2.12 bits per heavy atom. The molecular formula is C19H25N3OS. The van der Waals surface area contributed by atoms with Crippen LogP contribution in [0.25, 0.3) is 0 Å². The molecule has 3 heterocycles. The van der Waals surface area contributed by atoms with Gasteiger partial charge < -0.3 is 10.6 Å². The van der Waals surface area contributed by atoms with Crippen LogP contribution >= 0.6 is 11.3 Å². The molecule has 2 aromatic heterocycles. The number of carbonyl (C=O) groups is 1. The van der Waals surface area contributed by atoms with Gasteiger partial charge in [0.1, 0.15) is 0 Å². The Kier molecular flexibility index (Phi) is 5.99. The molecule has 1 unspecified atom stereocenters. The van der Waals surface area contributed by atoms with Gasteiger partial charge in [-0.15, -0.1) is 11.3 Å². The number of pyridine rings is 1. The molecule has 0 aliphatic carbocycles. The van der Waals surface area contributed by atoms with Crippen molar-refractivity contribution in [1.29, 1.82) is 0 Å². The molecule has 1 aliphatic rings. The van der Waals surface area contributed by atoms with Crippen LogP contribution in [0.1, 0.15) is 42.3 Å². The van der Waals surface area contributed by atoms with Gasteiger partial charge in [-0.1, -0.05) is 12.1 Å². The van der Waals surface area contributed by atoms with Gasteiger partial charge in [0.05, 0.1) is 5.69 Å². The maximum absolute atomic E-state index is 12.4. The van der Waals surface area contributed by atoms with E-state index in [1.54, 1.807) is 17.5 Å². The number of aromatic nitrogens is 1. The summed E-state index contributed by atoms with van der Waals surface area (Å²) in [5, 5.41) is 2.09. The second-order valence-electron chi connectivity index (χ2n) is 6.43. The third kappa shape index (κ3) is 4.42. The molecule has 24 heavy (non-hydrogen) atoms. The standard InChI is InChI=1S/C19H25N3OS/c20-19(17-7-1-2-11-21-17)15-9-12-22(13-10-15)18(23)8-3-5-16-6-4-14-24-16/h1-2,4,6-7,11,14-15,19H,3,5,8-10,12-13,20H2. The van der Waals surface area contributed by atoms with Gasteiger partial charge in [-0.2, -0.15) is 0 Å². The quantitative estimate of drug-likeness (QED) is 0.874. The first-order valence-electron chi connectivity index (χ1n) is 8.70.